The largest absolute Gasteiger partial charge is 0.285 e. The van der Waals surface area contributed by atoms with Crippen molar-refractivity contribution < 1.29 is 0 Å². The summed E-state index contributed by atoms with van der Waals surface area (Å²) in [6.45, 7) is 0. The summed E-state index contributed by atoms with van der Waals surface area (Å²) in [5.41, 5.74) is 0.838. The molecule has 0 spiro atoms. The molecule has 0 unspecified atom stereocenters. The zero-order valence-corrected chi connectivity index (χ0v) is 9.76. The molecule has 0 fully saturated rings. The van der Waals surface area contributed by atoms with Gasteiger partial charge in [0, 0.05) is 5.69 Å². The Morgan fingerprint density at radius 1 is 1.20 bits per heavy atom. The van der Waals surface area contributed by atoms with Gasteiger partial charge in [-0.3, -0.25) is 4.57 Å². The van der Waals surface area contributed by atoms with E-state index in [1.165, 1.54) is 0 Å². The number of halogens is 3. The molecule has 1 aromatic heterocycles. The Kier molecular flexibility index (Phi) is 3.14. The average Bonchev–Trinajstić information content (AvgIpc) is 2.70. The number of alkyl halides is 1. The summed E-state index contributed by atoms with van der Waals surface area (Å²) in [4.78, 5) is 0. The van der Waals surface area contributed by atoms with Crippen molar-refractivity contribution in [2.24, 2.45) is 0 Å². The predicted molar refractivity (Wildman–Crippen MR) is 60.9 cm³/mol. The standard InChI is InChI=1S/C9H6Cl3N3/c10-4-9-14-13-5-15(9)6-1-2-7(11)8(12)3-6/h1-3,5H,4H2. The van der Waals surface area contributed by atoms with E-state index in [0.717, 1.165) is 5.69 Å². The maximum Gasteiger partial charge on any atom is 0.152 e. The summed E-state index contributed by atoms with van der Waals surface area (Å²) in [6, 6.07) is 5.29. The van der Waals surface area contributed by atoms with E-state index in [2.05, 4.69) is 10.2 Å². The molecule has 0 aliphatic carbocycles. The lowest BCUT2D eigenvalue weighted by atomic mass is 10.3. The van der Waals surface area contributed by atoms with Gasteiger partial charge in [0.25, 0.3) is 0 Å². The Hall–Kier alpha value is -0.770. The van der Waals surface area contributed by atoms with Gasteiger partial charge in [-0.05, 0) is 18.2 Å². The maximum atomic E-state index is 5.91. The highest BCUT2D eigenvalue weighted by Gasteiger charge is 2.06. The van der Waals surface area contributed by atoms with E-state index in [9.17, 15) is 0 Å². The first-order chi connectivity index (χ1) is 7.22. The molecule has 2 aromatic rings. The molecule has 3 nitrogen and oxygen atoms in total. The van der Waals surface area contributed by atoms with Crippen molar-refractivity contribution in [3.63, 3.8) is 0 Å². The summed E-state index contributed by atoms with van der Waals surface area (Å²) in [6.07, 6.45) is 1.58. The minimum absolute atomic E-state index is 0.292. The van der Waals surface area contributed by atoms with Crippen molar-refractivity contribution in [3.05, 3.63) is 40.4 Å². The summed E-state index contributed by atoms with van der Waals surface area (Å²) >= 11 is 17.4. The molecule has 0 atom stereocenters. The fourth-order valence-electron chi connectivity index (χ4n) is 1.20. The van der Waals surface area contributed by atoms with Crippen LogP contribution in [0.1, 0.15) is 5.82 Å². The summed E-state index contributed by atoms with van der Waals surface area (Å²) in [7, 11) is 0. The van der Waals surface area contributed by atoms with Crippen molar-refractivity contribution in [2.75, 3.05) is 0 Å². The van der Waals surface area contributed by atoms with Crippen LogP contribution in [0.25, 0.3) is 5.69 Å². The van der Waals surface area contributed by atoms with Gasteiger partial charge >= 0.3 is 0 Å². The van der Waals surface area contributed by atoms with Crippen LogP contribution >= 0.6 is 34.8 Å². The van der Waals surface area contributed by atoms with Crippen molar-refractivity contribution >= 4 is 34.8 Å². The topological polar surface area (TPSA) is 30.7 Å². The Morgan fingerprint density at radius 3 is 2.67 bits per heavy atom. The second-order valence-electron chi connectivity index (χ2n) is 2.85. The summed E-state index contributed by atoms with van der Waals surface area (Å²) < 4.78 is 1.76. The van der Waals surface area contributed by atoms with Gasteiger partial charge in [0.15, 0.2) is 5.82 Å². The molecule has 0 aliphatic rings. The Balaban J connectivity index is 2.50. The molecule has 0 saturated heterocycles. The smallest absolute Gasteiger partial charge is 0.152 e. The highest BCUT2D eigenvalue weighted by Crippen LogP contribution is 2.24. The first-order valence-electron chi connectivity index (χ1n) is 4.12. The van der Waals surface area contributed by atoms with E-state index in [0.29, 0.717) is 21.7 Å². The van der Waals surface area contributed by atoms with Gasteiger partial charge in [0.2, 0.25) is 0 Å². The molecule has 0 saturated carbocycles. The average molecular weight is 263 g/mol. The van der Waals surface area contributed by atoms with Gasteiger partial charge in [-0.15, -0.1) is 21.8 Å². The molecular formula is C9H6Cl3N3. The van der Waals surface area contributed by atoms with Gasteiger partial charge < -0.3 is 0 Å². The third-order valence-electron chi connectivity index (χ3n) is 1.92. The molecule has 6 heteroatoms. The monoisotopic (exact) mass is 261 g/mol. The van der Waals surface area contributed by atoms with Crippen LogP contribution < -0.4 is 0 Å². The lowest BCUT2D eigenvalue weighted by Crippen LogP contribution is -1.97. The van der Waals surface area contributed by atoms with E-state index < -0.39 is 0 Å². The highest BCUT2D eigenvalue weighted by atomic mass is 35.5. The van der Waals surface area contributed by atoms with E-state index >= 15 is 0 Å². The lowest BCUT2D eigenvalue weighted by Gasteiger charge is -2.05. The molecule has 15 heavy (non-hydrogen) atoms. The predicted octanol–water partition coefficient (Wildman–Crippen LogP) is 3.31. The first kappa shape index (κ1) is 10.7. The normalized spacial score (nSPS) is 10.6. The number of hydrogen-bond donors (Lipinski definition) is 0. The van der Waals surface area contributed by atoms with Gasteiger partial charge in [0.1, 0.15) is 6.33 Å². The third-order valence-corrected chi connectivity index (χ3v) is 2.90. The SMILES string of the molecule is ClCc1nncn1-c1ccc(Cl)c(Cl)c1. The molecule has 2 rings (SSSR count). The molecule has 78 valence electrons. The number of benzene rings is 1. The van der Waals surface area contributed by atoms with Crippen LogP contribution in [0.3, 0.4) is 0 Å². The Morgan fingerprint density at radius 2 is 2.00 bits per heavy atom. The van der Waals surface area contributed by atoms with E-state index in [-0.39, 0.29) is 0 Å². The fraction of sp³-hybridized carbons (Fsp3) is 0.111. The Labute approximate surface area is 102 Å². The summed E-state index contributed by atoms with van der Waals surface area (Å²) in [5.74, 6) is 0.954. The molecule has 0 aliphatic heterocycles. The second-order valence-corrected chi connectivity index (χ2v) is 3.93. The first-order valence-corrected chi connectivity index (χ1v) is 5.41. The molecular weight excluding hydrogens is 256 g/mol. The number of rotatable bonds is 2. The van der Waals surface area contributed by atoms with Gasteiger partial charge in [-0.1, -0.05) is 23.2 Å². The number of aromatic nitrogens is 3. The van der Waals surface area contributed by atoms with Crippen LogP contribution in [0.4, 0.5) is 0 Å². The van der Waals surface area contributed by atoms with Gasteiger partial charge in [0.05, 0.1) is 15.9 Å². The van der Waals surface area contributed by atoms with Crippen LogP contribution in [-0.4, -0.2) is 14.8 Å². The minimum atomic E-state index is 0.292. The van der Waals surface area contributed by atoms with Gasteiger partial charge in [-0.2, -0.15) is 0 Å². The van der Waals surface area contributed by atoms with Gasteiger partial charge in [-0.25, -0.2) is 0 Å². The summed E-state index contributed by atoms with van der Waals surface area (Å²) in [5, 5.41) is 8.65. The van der Waals surface area contributed by atoms with Crippen LogP contribution in [0.15, 0.2) is 24.5 Å². The van der Waals surface area contributed by atoms with Crippen molar-refractivity contribution in [1.29, 1.82) is 0 Å². The van der Waals surface area contributed by atoms with Crippen LogP contribution in [-0.2, 0) is 5.88 Å². The molecule has 1 aromatic carbocycles. The molecule has 0 amide bonds. The van der Waals surface area contributed by atoms with Crippen LogP contribution in [0, 0.1) is 0 Å². The highest BCUT2D eigenvalue weighted by molar-refractivity contribution is 6.42. The zero-order chi connectivity index (χ0) is 10.8. The molecule has 0 bridgehead atoms. The molecule has 1 heterocycles. The second kappa shape index (κ2) is 4.39. The third kappa shape index (κ3) is 2.09. The van der Waals surface area contributed by atoms with Crippen LogP contribution in [0.2, 0.25) is 10.0 Å². The Bertz CT molecular complexity index is 481. The van der Waals surface area contributed by atoms with E-state index in [1.54, 1.807) is 23.0 Å². The van der Waals surface area contributed by atoms with Crippen molar-refractivity contribution in [2.45, 2.75) is 5.88 Å². The zero-order valence-electron chi connectivity index (χ0n) is 7.49. The van der Waals surface area contributed by atoms with Crippen molar-refractivity contribution in [1.82, 2.24) is 14.8 Å². The number of nitrogens with zero attached hydrogens (tertiary/aromatic N) is 3. The fourth-order valence-corrected chi connectivity index (χ4v) is 1.68. The lowest BCUT2D eigenvalue weighted by molar-refractivity contribution is 0.951. The molecule has 0 N–H and O–H groups in total. The maximum absolute atomic E-state index is 5.91. The van der Waals surface area contributed by atoms with Crippen LogP contribution in [0.5, 0.6) is 0 Å². The van der Waals surface area contributed by atoms with E-state index in [4.69, 9.17) is 34.8 Å². The molecule has 0 radical (unpaired) electrons. The van der Waals surface area contributed by atoms with Crippen molar-refractivity contribution in [3.8, 4) is 5.69 Å². The quantitative estimate of drug-likeness (QED) is 0.777. The number of hydrogen-bond acceptors (Lipinski definition) is 2. The van der Waals surface area contributed by atoms with E-state index in [1.807, 2.05) is 6.07 Å². The minimum Gasteiger partial charge on any atom is -0.285 e.